The predicted octanol–water partition coefficient (Wildman–Crippen LogP) is 2.69. The van der Waals surface area contributed by atoms with E-state index in [9.17, 15) is 9.59 Å². The Bertz CT molecular complexity index is 502. The zero-order valence-corrected chi connectivity index (χ0v) is 13.2. The fourth-order valence-corrected chi connectivity index (χ4v) is 1.90. The lowest BCUT2D eigenvalue weighted by Gasteiger charge is -2.18. The SMILES string of the molecule is CC(C)C(C)NC(=O)COc1c(Br)cccc1C(=O)O. The number of hydrogen-bond acceptors (Lipinski definition) is 3. The van der Waals surface area contributed by atoms with E-state index in [-0.39, 0.29) is 29.9 Å². The standard InChI is InChI=1S/C14H18BrNO4/c1-8(2)9(3)16-12(17)7-20-13-10(14(18)19)5-4-6-11(13)15/h4-6,8-9H,7H2,1-3H3,(H,16,17)(H,18,19). The van der Waals surface area contributed by atoms with Crippen LogP contribution in [0.1, 0.15) is 31.1 Å². The molecule has 5 nitrogen and oxygen atoms in total. The molecule has 1 unspecified atom stereocenters. The lowest BCUT2D eigenvalue weighted by Crippen LogP contribution is -2.39. The molecule has 0 bridgehead atoms. The molecule has 0 spiro atoms. The second-order valence-electron chi connectivity index (χ2n) is 4.81. The van der Waals surface area contributed by atoms with Crippen molar-refractivity contribution in [2.24, 2.45) is 5.92 Å². The molecular weight excluding hydrogens is 326 g/mol. The van der Waals surface area contributed by atoms with Crippen LogP contribution in [0.4, 0.5) is 0 Å². The highest BCUT2D eigenvalue weighted by atomic mass is 79.9. The van der Waals surface area contributed by atoms with Crippen molar-refractivity contribution in [3.63, 3.8) is 0 Å². The molecule has 0 fully saturated rings. The van der Waals surface area contributed by atoms with Crippen molar-refractivity contribution in [1.29, 1.82) is 0 Å². The van der Waals surface area contributed by atoms with Gasteiger partial charge in [0.25, 0.3) is 5.91 Å². The van der Waals surface area contributed by atoms with Gasteiger partial charge in [-0.1, -0.05) is 19.9 Å². The third-order valence-corrected chi connectivity index (χ3v) is 3.56. The molecule has 1 aromatic rings. The number of amides is 1. The number of nitrogens with one attached hydrogen (secondary N) is 1. The van der Waals surface area contributed by atoms with Crippen LogP contribution in [-0.4, -0.2) is 29.6 Å². The van der Waals surface area contributed by atoms with Crippen molar-refractivity contribution in [3.8, 4) is 5.75 Å². The van der Waals surface area contributed by atoms with E-state index < -0.39 is 5.97 Å². The Labute approximate surface area is 126 Å². The van der Waals surface area contributed by atoms with Crippen molar-refractivity contribution in [2.45, 2.75) is 26.8 Å². The van der Waals surface area contributed by atoms with E-state index in [1.165, 1.54) is 6.07 Å². The second kappa shape index (κ2) is 7.28. The van der Waals surface area contributed by atoms with Gasteiger partial charge in [0.05, 0.1) is 4.47 Å². The van der Waals surface area contributed by atoms with Crippen molar-refractivity contribution < 1.29 is 19.4 Å². The number of carbonyl (C=O) groups is 2. The third kappa shape index (κ3) is 4.52. The highest BCUT2D eigenvalue weighted by Gasteiger charge is 2.16. The number of halogens is 1. The van der Waals surface area contributed by atoms with Crippen molar-refractivity contribution in [3.05, 3.63) is 28.2 Å². The van der Waals surface area contributed by atoms with Gasteiger partial charge in [0.2, 0.25) is 0 Å². The minimum atomic E-state index is -1.10. The normalized spacial score (nSPS) is 12.1. The fourth-order valence-electron chi connectivity index (χ4n) is 1.42. The quantitative estimate of drug-likeness (QED) is 0.832. The summed E-state index contributed by atoms with van der Waals surface area (Å²) in [6.07, 6.45) is 0. The smallest absolute Gasteiger partial charge is 0.339 e. The average molecular weight is 344 g/mol. The molecule has 20 heavy (non-hydrogen) atoms. The molecule has 1 aromatic carbocycles. The van der Waals surface area contributed by atoms with Crippen LogP contribution in [-0.2, 0) is 4.79 Å². The Kier molecular flexibility index (Phi) is 6.01. The Hall–Kier alpha value is -1.56. The monoisotopic (exact) mass is 343 g/mol. The number of para-hydroxylation sites is 1. The molecule has 0 aromatic heterocycles. The molecular formula is C14H18BrNO4. The average Bonchev–Trinajstić information content (AvgIpc) is 2.36. The highest BCUT2D eigenvalue weighted by molar-refractivity contribution is 9.10. The van der Waals surface area contributed by atoms with E-state index in [0.29, 0.717) is 10.4 Å². The van der Waals surface area contributed by atoms with Crippen molar-refractivity contribution in [1.82, 2.24) is 5.32 Å². The zero-order chi connectivity index (χ0) is 15.3. The molecule has 6 heteroatoms. The van der Waals surface area contributed by atoms with Crippen LogP contribution in [0.2, 0.25) is 0 Å². The molecule has 1 rings (SSSR count). The van der Waals surface area contributed by atoms with Crippen LogP contribution in [0.3, 0.4) is 0 Å². The number of benzene rings is 1. The van der Waals surface area contributed by atoms with Crippen LogP contribution >= 0.6 is 15.9 Å². The van der Waals surface area contributed by atoms with Crippen molar-refractivity contribution >= 4 is 27.8 Å². The van der Waals surface area contributed by atoms with E-state index in [4.69, 9.17) is 9.84 Å². The Morgan fingerprint density at radius 1 is 1.35 bits per heavy atom. The number of hydrogen-bond donors (Lipinski definition) is 2. The van der Waals surface area contributed by atoms with Gasteiger partial charge in [-0.05, 0) is 40.9 Å². The first-order chi connectivity index (χ1) is 9.32. The summed E-state index contributed by atoms with van der Waals surface area (Å²) in [4.78, 5) is 22.8. The minimum Gasteiger partial charge on any atom is -0.482 e. The molecule has 110 valence electrons. The molecule has 0 saturated heterocycles. The van der Waals surface area contributed by atoms with Crippen LogP contribution in [0.15, 0.2) is 22.7 Å². The maximum absolute atomic E-state index is 11.7. The topological polar surface area (TPSA) is 75.6 Å². The molecule has 0 radical (unpaired) electrons. The van der Waals surface area contributed by atoms with Crippen LogP contribution < -0.4 is 10.1 Å². The Morgan fingerprint density at radius 2 is 2.00 bits per heavy atom. The Morgan fingerprint density at radius 3 is 2.55 bits per heavy atom. The van der Waals surface area contributed by atoms with Gasteiger partial charge >= 0.3 is 5.97 Å². The lowest BCUT2D eigenvalue weighted by molar-refractivity contribution is -0.124. The molecule has 0 aliphatic heterocycles. The first-order valence-corrected chi connectivity index (χ1v) is 7.06. The molecule has 2 N–H and O–H groups in total. The number of aromatic carboxylic acids is 1. The van der Waals surface area contributed by atoms with Gasteiger partial charge in [0, 0.05) is 6.04 Å². The highest BCUT2D eigenvalue weighted by Crippen LogP contribution is 2.29. The number of carboxylic acid groups (broad SMARTS) is 1. The molecule has 0 saturated carbocycles. The van der Waals surface area contributed by atoms with Gasteiger partial charge in [-0.25, -0.2) is 4.79 Å². The number of carbonyl (C=O) groups excluding carboxylic acids is 1. The summed E-state index contributed by atoms with van der Waals surface area (Å²) in [5, 5.41) is 11.9. The second-order valence-corrected chi connectivity index (χ2v) is 5.66. The molecule has 1 atom stereocenters. The summed E-state index contributed by atoms with van der Waals surface area (Å²) in [6.45, 7) is 5.69. The van der Waals surface area contributed by atoms with Crippen LogP contribution in [0, 0.1) is 5.92 Å². The number of ether oxygens (including phenoxy) is 1. The van der Waals surface area contributed by atoms with Gasteiger partial charge in [-0.3, -0.25) is 4.79 Å². The minimum absolute atomic E-state index is 0.0177. The fraction of sp³-hybridized carbons (Fsp3) is 0.429. The summed E-state index contributed by atoms with van der Waals surface area (Å²) < 4.78 is 5.83. The van der Waals surface area contributed by atoms with E-state index >= 15 is 0 Å². The summed E-state index contributed by atoms with van der Waals surface area (Å²) >= 11 is 3.22. The summed E-state index contributed by atoms with van der Waals surface area (Å²) in [5.74, 6) is -0.903. The van der Waals surface area contributed by atoms with Crippen molar-refractivity contribution in [2.75, 3.05) is 6.61 Å². The molecule has 0 heterocycles. The maximum atomic E-state index is 11.7. The molecule has 0 aliphatic rings. The van der Waals surface area contributed by atoms with E-state index in [1.54, 1.807) is 12.1 Å². The van der Waals surface area contributed by atoms with Crippen LogP contribution in [0.5, 0.6) is 5.75 Å². The van der Waals surface area contributed by atoms with Gasteiger partial charge < -0.3 is 15.2 Å². The van der Waals surface area contributed by atoms with Crippen LogP contribution in [0.25, 0.3) is 0 Å². The molecule has 1 amide bonds. The van der Waals surface area contributed by atoms with E-state index in [2.05, 4.69) is 21.2 Å². The van der Waals surface area contributed by atoms with Gasteiger partial charge in [-0.2, -0.15) is 0 Å². The zero-order valence-electron chi connectivity index (χ0n) is 11.6. The van der Waals surface area contributed by atoms with E-state index in [1.807, 2.05) is 20.8 Å². The third-order valence-electron chi connectivity index (χ3n) is 2.93. The van der Waals surface area contributed by atoms with E-state index in [0.717, 1.165) is 0 Å². The molecule has 0 aliphatic carbocycles. The van der Waals surface area contributed by atoms with Gasteiger partial charge in [-0.15, -0.1) is 0 Å². The van der Waals surface area contributed by atoms with Gasteiger partial charge in [0.1, 0.15) is 11.3 Å². The lowest BCUT2D eigenvalue weighted by atomic mass is 10.1. The maximum Gasteiger partial charge on any atom is 0.339 e. The number of rotatable bonds is 6. The summed E-state index contributed by atoms with van der Waals surface area (Å²) in [7, 11) is 0. The largest absolute Gasteiger partial charge is 0.482 e. The first kappa shape index (κ1) is 16.5. The first-order valence-electron chi connectivity index (χ1n) is 6.27. The number of carboxylic acids is 1. The summed E-state index contributed by atoms with van der Waals surface area (Å²) in [5.41, 5.74) is 0.0177. The Balaban J connectivity index is 2.71. The summed E-state index contributed by atoms with van der Waals surface area (Å²) in [6, 6.07) is 4.72. The predicted molar refractivity (Wildman–Crippen MR) is 79.0 cm³/mol. The van der Waals surface area contributed by atoms with Gasteiger partial charge in [0.15, 0.2) is 6.61 Å².